The molecule has 0 atom stereocenters. The van der Waals surface area contributed by atoms with Crippen LogP contribution in [0.1, 0.15) is 25.7 Å². The van der Waals surface area contributed by atoms with Crippen molar-refractivity contribution in [3.05, 3.63) is 24.3 Å². The quantitative estimate of drug-likeness (QED) is 0.795. The van der Waals surface area contributed by atoms with Crippen LogP contribution in [0, 0.1) is 0 Å². The van der Waals surface area contributed by atoms with E-state index < -0.39 is 0 Å². The molecule has 0 bridgehead atoms. The van der Waals surface area contributed by atoms with Gasteiger partial charge >= 0.3 is 0 Å². The Kier molecular flexibility index (Phi) is 6.06. The van der Waals surface area contributed by atoms with Gasteiger partial charge in [-0.3, -0.25) is 9.59 Å². The minimum atomic E-state index is -0.322. The molecule has 0 aromatic heterocycles. The van der Waals surface area contributed by atoms with Crippen molar-refractivity contribution in [1.29, 1.82) is 0 Å². The van der Waals surface area contributed by atoms with Crippen molar-refractivity contribution in [2.75, 3.05) is 20.3 Å². The average Bonchev–Trinajstić information content (AvgIpc) is 3.04. The highest BCUT2D eigenvalue weighted by Gasteiger charge is 2.17. The number of benzene rings is 1. The third-order valence-electron chi connectivity index (χ3n) is 3.60. The normalized spacial score (nSPS) is 14.4. The summed E-state index contributed by atoms with van der Waals surface area (Å²) in [5, 5.41) is 5.46. The predicted octanol–water partition coefficient (Wildman–Crippen LogP) is 1.25. The first kappa shape index (κ1) is 16.1. The van der Waals surface area contributed by atoms with Crippen LogP contribution in [0.25, 0.3) is 0 Å². The fraction of sp³-hybridized carbons (Fsp3) is 0.500. The van der Waals surface area contributed by atoms with Crippen molar-refractivity contribution < 1.29 is 19.1 Å². The molecule has 0 aliphatic heterocycles. The summed E-state index contributed by atoms with van der Waals surface area (Å²) in [5.41, 5.74) is 0. The third-order valence-corrected chi connectivity index (χ3v) is 3.60. The summed E-state index contributed by atoms with van der Waals surface area (Å²) in [6.07, 6.45) is 4.38. The second-order valence-corrected chi connectivity index (χ2v) is 5.29. The van der Waals surface area contributed by atoms with Gasteiger partial charge in [0.2, 0.25) is 5.91 Å². The number of rotatable bonds is 7. The van der Waals surface area contributed by atoms with Gasteiger partial charge in [0, 0.05) is 6.04 Å². The number of ether oxygens (including phenoxy) is 2. The van der Waals surface area contributed by atoms with E-state index in [0.29, 0.717) is 5.75 Å². The number of carbonyl (C=O) groups excluding carboxylic acids is 2. The lowest BCUT2D eigenvalue weighted by Crippen LogP contribution is -2.42. The molecule has 1 saturated carbocycles. The van der Waals surface area contributed by atoms with Crippen molar-refractivity contribution in [3.63, 3.8) is 0 Å². The molecular formula is C16H22N2O4. The van der Waals surface area contributed by atoms with E-state index >= 15 is 0 Å². The molecule has 0 unspecified atom stereocenters. The molecule has 0 spiro atoms. The lowest BCUT2D eigenvalue weighted by molar-refractivity contribution is -0.127. The molecule has 6 nitrogen and oxygen atoms in total. The summed E-state index contributed by atoms with van der Waals surface area (Å²) in [6.45, 7) is -0.135. The topological polar surface area (TPSA) is 76.7 Å². The van der Waals surface area contributed by atoms with Crippen molar-refractivity contribution >= 4 is 11.8 Å². The number of carbonyl (C=O) groups is 2. The van der Waals surface area contributed by atoms with Gasteiger partial charge in [-0.15, -0.1) is 0 Å². The van der Waals surface area contributed by atoms with Gasteiger partial charge in [0.15, 0.2) is 6.61 Å². The summed E-state index contributed by atoms with van der Waals surface area (Å²) in [6, 6.07) is 7.21. The maximum Gasteiger partial charge on any atom is 0.258 e. The van der Waals surface area contributed by atoms with E-state index in [9.17, 15) is 9.59 Å². The van der Waals surface area contributed by atoms with Crippen LogP contribution in [0.3, 0.4) is 0 Å². The van der Waals surface area contributed by atoms with Crippen molar-refractivity contribution in [2.24, 2.45) is 0 Å². The summed E-state index contributed by atoms with van der Waals surface area (Å²) >= 11 is 0. The van der Waals surface area contributed by atoms with Crippen LogP contribution in [0.5, 0.6) is 11.5 Å². The summed E-state index contributed by atoms with van der Waals surface area (Å²) in [5.74, 6) is 0.828. The van der Waals surface area contributed by atoms with Crippen LogP contribution in [-0.2, 0) is 9.59 Å². The summed E-state index contributed by atoms with van der Waals surface area (Å²) in [4.78, 5) is 23.3. The van der Waals surface area contributed by atoms with E-state index in [1.807, 2.05) is 0 Å². The van der Waals surface area contributed by atoms with E-state index in [1.165, 1.54) is 0 Å². The predicted molar refractivity (Wildman–Crippen MR) is 81.9 cm³/mol. The first-order valence-electron chi connectivity index (χ1n) is 7.50. The first-order chi connectivity index (χ1) is 10.7. The van der Waals surface area contributed by atoms with Crippen molar-refractivity contribution in [3.8, 4) is 11.5 Å². The molecule has 0 radical (unpaired) electrons. The Morgan fingerprint density at radius 1 is 1.09 bits per heavy atom. The van der Waals surface area contributed by atoms with Crippen molar-refractivity contribution in [1.82, 2.24) is 10.6 Å². The molecule has 0 heterocycles. The van der Waals surface area contributed by atoms with Crippen LogP contribution in [0.15, 0.2) is 24.3 Å². The smallest absolute Gasteiger partial charge is 0.258 e. The molecule has 0 saturated heterocycles. The number of amides is 2. The molecule has 1 aliphatic rings. The van der Waals surface area contributed by atoms with Gasteiger partial charge in [0.25, 0.3) is 5.91 Å². The minimum Gasteiger partial charge on any atom is -0.497 e. The van der Waals surface area contributed by atoms with E-state index in [0.717, 1.165) is 31.4 Å². The van der Waals surface area contributed by atoms with E-state index in [4.69, 9.17) is 9.47 Å². The molecule has 1 aromatic rings. The fourth-order valence-corrected chi connectivity index (χ4v) is 2.40. The highest BCUT2D eigenvalue weighted by atomic mass is 16.5. The summed E-state index contributed by atoms with van der Waals surface area (Å²) in [7, 11) is 1.58. The number of methoxy groups -OCH3 is 1. The number of hydrogen-bond donors (Lipinski definition) is 2. The van der Waals surface area contributed by atoms with Gasteiger partial charge in [-0.05, 0) is 37.1 Å². The lowest BCUT2D eigenvalue weighted by Gasteiger charge is -2.12. The van der Waals surface area contributed by atoms with Crippen LogP contribution in [-0.4, -0.2) is 38.1 Å². The molecular weight excluding hydrogens is 284 g/mol. The zero-order valence-corrected chi connectivity index (χ0v) is 12.8. The Bertz CT molecular complexity index is 495. The van der Waals surface area contributed by atoms with E-state index in [1.54, 1.807) is 31.4 Å². The standard InChI is InChI=1S/C16H22N2O4/c1-21-13-6-8-14(9-7-13)22-11-16(20)17-10-15(19)18-12-4-2-3-5-12/h6-9,12H,2-5,10-11H2,1H3,(H,17,20)(H,18,19). The number of hydrogen-bond acceptors (Lipinski definition) is 4. The molecule has 22 heavy (non-hydrogen) atoms. The fourth-order valence-electron chi connectivity index (χ4n) is 2.40. The van der Waals surface area contributed by atoms with E-state index in [2.05, 4.69) is 10.6 Å². The Balaban J connectivity index is 1.63. The minimum absolute atomic E-state index is 0.0126. The van der Waals surface area contributed by atoms with Crippen molar-refractivity contribution in [2.45, 2.75) is 31.7 Å². The van der Waals surface area contributed by atoms with Crippen LogP contribution in [0.4, 0.5) is 0 Å². The zero-order valence-electron chi connectivity index (χ0n) is 12.8. The van der Waals surface area contributed by atoms with Crippen LogP contribution in [0.2, 0.25) is 0 Å². The summed E-state index contributed by atoms with van der Waals surface area (Å²) < 4.78 is 10.4. The SMILES string of the molecule is COc1ccc(OCC(=O)NCC(=O)NC2CCCC2)cc1. The highest BCUT2D eigenvalue weighted by molar-refractivity contribution is 5.85. The van der Waals surface area contributed by atoms with Gasteiger partial charge in [-0.2, -0.15) is 0 Å². The van der Waals surface area contributed by atoms with Gasteiger partial charge < -0.3 is 20.1 Å². The first-order valence-corrected chi connectivity index (χ1v) is 7.50. The van der Waals surface area contributed by atoms with Crippen LogP contribution >= 0.6 is 0 Å². The molecule has 1 aromatic carbocycles. The van der Waals surface area contributed by atoms with Crippen LogP contribution < -0.4 is 20.1 Å². The molecule has 1 aliphatic carbocycles. The molecule has 120 valence electrons. The molecule has 6 heteroatoms. The maximum absolute atomic E-state index is 11.7. The molecule has 2 rings (SSSR count). The van der Waals surface area contributed by atoms with E-state index in [-0.39, 0.29) is 31.0 Å². The Labute approximate surface area is 130 Å². The monoisotopic (exact) mass is 306 g/mol. The largest absolute Gasteiger partial charge is 0.497 e. The second-order valence-electron chi connectivity index (χ2n) is 5.29. The van der Waals surface area contributed by atoms with Gasteiger partial charge in [0.05, 0.1) is 13.7 Å². The van der Waals surface area contributed by atoms with Gasteiger partial charge in [-0.1, -0.05) is 12.8 Å². The Morgan fingerprint density at radius 3 is 2.36 bits per heavy atom. The zero-order chi connectivity index (χ0) is 15.8. The lowest BCUT2D eigenvalue weighted by atomic mass is 10.2. The maximum atomic E-state index is 11.7. The second kappa shape index (κ2) is 8.26. The highest BCUT2D eigenvalue weighted by Crippen LogP contribution is 2.17. The third kappa shape index (κ3) is 5.27. The van der Waals surface area contributed by atoms with Gasteiger partial charge in [-0.25, -0.2) is 0 Å². The number of nitrogens with one attached hydrogen (secondary N) is 2. The molecule has 2 amide bonds. The van der Waals surface area contributed by atoms with Gasteiger partial charge in [0.1, 0.15) is 11.5 Å². The molecule has 1 fully saturated rings. The average molecular weight is 306 g/mol. The Morgan fingerprint density at radius 2 is 1.73 bits per heavy atom. The Hall–Kier alpha value is -2.24. The molecule has 2 N–H and O–H groups in total.